The Morgan fingerprint density at radius 1 is 1.26 bits per heavy atom. The van der Waals surface area contributed by atoms with Gasteiger partial charge in [-0.25, -0.2) is 5.01 Å². The Morgan fingerprint density at radius 3 is 2.35 bits per heavy atom. The fourth-order valence-electron chi connectivity index (χ4n) is 3.11. The van der Waals surface area contributed by atoms with Crippen LogP contribution in [0.2, 0.25) is 0 Å². The van der Waals surface area contributed by atoms with Gasteiger partial charge in [-0.3, -0.25) is 10.0 Å². The topological polar surface area (TPSA) is 18.8 Å². The number of rotatable bonds is 3. The van der Waals surface area contributed by atoms with Crippen LogP contribution in [0.3, 0.4) is 0 Å². The second kappa shape index (κ2) is 7.21. The van der Waals surface area contributed by atoms with Gasteiger partial charge in [0.1, 0.15) is 5.84 Å². The molecule has 1 heterocycles. The molecule has 1 aromatic rings. The molecule has 2 atom stereocenters. The molecular weight excluding hydrogens is 371 g/mol. The molecule has 128 valence electrons. The van der Waals surface area contributed by atoms with E-state index in [4.69, 9.17) is 0 Å². The van der Waals surface area contributed by atoms with Crippen LogP contribution in [0.5, 0.6) is 0 Å². The summed E-state index contributed by atoms with van der Waals surface area (Å²) in [6.45, 7) is 2.88. The fraction of sp³-hybridized carbons (Fsp3) is 0.562. The molecule has 1 aliphatic heterocycles. The van der Waals surface area contributed by atoms with Crippen LogP contribution in [0.15, 0.2) is 29.3 Å². The summed E-state index contributed by atoms with van der Waals surface area (Å²) in [6, 6.07) is 5.53. The predicted octanol–water partition coefficient (Wildman–Crippen LogP) is 4.36. The van der Waals surface area contributed by atoms with E-state index in [9.17, 15) is 13.2 Å². The molecule has 0 spiro atoms. The average molecular weight is 392 g/mol. The number of hydrogen-bond acceptors (Lipinski definition) is 2. The quantitative estimate of drug-likeness (QED) is 0.563. The third-order valence-electron chi connectivity index (χ3n) is 4.30. The molecule has 0 radical (unpaired) electrons. The summed E-state index contributed by atoms with van der Waals surface area (Å²) < 4.78 is 38.1. The zero-order valence-electron chi connectivity index (χ0n) is 13.4. The number of piperidine rings is 1. The zero-order chi connectivity index (χ0) is 17.2. The number of amidine groups is 1. The average Bonchev–Trinajstić information content (AvgIpc) is 2.48. The molecule has 1 fully saturated rings. The van der Waals surface area contributed by atoms with Gasteiger partial charge in [-0.1, -0.05) is 35.0 Å². The smallest absolute Gasteiger partial charge is 0.294 e. The van der Waals surface area contributed by atoms with Crippen LogP contribution in [0, 0.1) is 5.92 Å². The Bertz CT molecular complexity index is 555. The maximum Gasteiger partial charge on any atom is 0.416 e. The van der Waals surface area contributed by atoms with E-state index in [2.05, 4.69) is 32.9 Å². The van der Waals surface area contributed by atoms with Crippen LogP contribution in [-0.2, 0) is 6.18 Å². The van der Waals surface area contributed by atoms with Crippen molar-refractivity contribution in [3.05, 3.63) is 35.4 Å². The van der Waals surface area contributed by atoms with Crippen LogP contribution in [-0.4, -0.2) is 41.9 Å². The van der Waals surface area contributed by atoms with Gasteiger partial charge in [-0.05, 0) is 30.0 Å². The van der Waals surface area contributed by atoms with Gasteiger partial charge in [0, 0.05) is 26.6 Å². The summed E-state index contributed by atoms with van der Waals surface area (Å²) in [5.74, 6) is 1.27. The Kier molecular flexibility index (Phi) is 5.73. The molecule has 0 bridgehead atoms. The Labute approximate surface area is 143 Å². The van der Waals surface area contributed by atoms with Crippen molar-refractivity contribution >= 4 is 21.8 Å². The van der Waals surface area contributed by atoms with E-state index in [0.29, 0.717) is 5.45 Å². The van der Waals surface area contributed by atoms with Gasteiger partial charge < -0.3 is 0 Å². The Balaban J connectivity index is 2.25. The molecule has 0 amide bonds. The van der Waals surface area contributed by atoms with Crippen molar-refractivity contribution in [2.45, 2.75) is 25.4 Å². The minimum absolute atomic E-state index is 0.139. The van der Waals surface area contributed by atoms with Crippen LogP contribution in [0.4, 0.5) is 13.2 Å². The van der Waals surface area contributed by atoms with E-state index in [1.54, 1.807) is 12.1 Å². The Morgan fingerprint density at radius 2 is 1.87 bits per heavy atom. The lowest BCUT2D eigenvalue weighted by molar-refractivity contribution is -0.137. The summed E-state index contributed by atoms with van der Waals surface area (Å²) in [6.07, 6.45) is -3.41. The summed E-state index contributed by atoms with van der Waals surface area (Å²) >= 11 is 3.34. The third kappa shape index (κ3) is 4.07. The lowest BCUT2D eigenvalue weighted by Crippen LogP contribution is -2.50. The van der Waals surface area contributed by atoms with E-state index in [1.165, 1.54) is 12.1 Å². The maximum absolute atomic E-state index is 12.7. The van der Waals surface area contributed by atoms with E-state index >= 15 is 0 Å². The molecule has 2 rings (SSSR count). The van der Waals surface area contributed by atoms with E-state index in [-0.39, 0.29) is 11.8 Å². The second-order valence-electron chi connectivity index (χ2n) is 5.91. The van der Waals surface area contributed by atoms with Crippen LogP contribution >= 0.6 is 15.9 Å². The summed E-state index contributed by atoms with van der Waals surface area (Å²) in [5, 5.41) is 4.12. The highest BCUT2D eigenvalue weighted by molar-refractivity contribution is 9.09. The van der Waals surface area contributed by atoms with E-state index < -0.39 is 11.7 Å². The number of alkyl halides is 4. The van der Waals surface area contributed by atoms with Crippen LogP contribution in [0.1, 0.15) is 30.4 Å². The minimum Gasteiger partial charge on any atom is -0.294 e. The molecule has 0 saturated carbocycles. The molecule has 2 unspecified atom stereocenters. The first-order valence-corrected chi connectivity index (χ1v) is 8.60. The first kappa shape index (κ1) is 18.3. The SMILES string of the molecule is CC1/C(=N/CBr)N(N(C)C)CCC1c1ccc(C(F)(F)F)cc1. The number of halogens is 4. The predicted molar refractivity (Wildman–Crippen MR) is 89.6 cm³/mol. The lowest BCUT2D eigenvalue weighted by Gasteiger charge is -2.42. The second-order valence-corrected chi connectivity index (χ2v) is 6.41. The molecule has 7 heteroatoms. The van der Waals surface area contributed by atoms with Gasteiger partial charge in [0.05, 0.1) is 11.0 Å². The first-order valence-electron chi connectivity index (χ1n) is 7.48. The van der Waals surface area contributed by atoms with Crippen molar-refractivity contribution < 1.29 is 13.2 Å². The van der Waals surface area contributed by atoms with Gasteiger partial charge in [-0.15, -0.1) is 0 Å². The first-order chi connectivity index (χ1) is 10.8. The molecule has 1 saturated heterocycles. The van der Waals surface area contributed by atoms with Crippen molar-refractivity contribution in [2.24, 2.45) is 10.9 Å². The minimum atomic E-state index is -4.29. The number of hydrazine groups is 1. The molecule has 0 aliphatic carbocycles. The van der Waals surface area contributed by atoms with Crippen molar-refractivity contribution in [1.29, 1.82) is 0 Å². The molecule has 23 heavy (non-hydrogen) atoms. The monoisotopic (exact) mass is 391 g/mol. The van der Waals surface area contributed by atoms with Gasteiger partial charge in [0.15, 0.2) is 0 Å². The molecule has 3 nitrogen and oxygen atoms in total. The lowest BCUT2D eigenvalue weighted by atomic mass is 9.81. The summed E-state index contributed by atoms with van der Waals surface area (Å²) in [4.78, 5) is 4.54. The van der Waals surface area contributed by atoms with Crippen molar-refractivity contribution in [2.75, 3.05) is 26.1 Å². The van der Waals surface area contributed by atoms with Gasteiger partial charge in [-0.2, -0.15) is 13.2 Å². The van der Waals surface area contributed by atoms with Crippen LogP contribution < -0.4 is 0 Å². The van der Waals surface area contributed by atoms with E-state index in [1.807, 2.05) is 19.1 Å². The fourth-order valence-corrected chi connectivity index (χ4v) is 3.36. The highest BCUT2D eigenvalue weighted by Gasteiger charge is 2.34. The number of benzene rings is 1. The van der Waals surface area contributed by atoms with Gasteiger partial charge in [0.2, 0.25) is 0 Å². The highest BCUT2D eigenvalue weighted by Crippen LogP contribution is 2.36. The summed E-state index contributed by atoms with van der Waals surface area (Å²) in [5.41, 5.74) is 0.844. The largest absolute Gasteiger partial charge is 0.416 e. The number of nitrogens with zero attached hydrogens (tertiary/aromatic N) is 3. The molecule has 0 N–H and O–H groups in total. The number of aliphatic imine (C=N–C) groups is 1. The van der Waals surface area contributed by atoms with Crippen LogP contribution in [0.25, 0.3) is 0 Å². The van der Waals surface area contributed by atoms with Crippen molar-refractivity contribution in [3.63, 3.8) is 0 Å². The molecule has 1 aliphatic rings. The van der Waals surface area contributed by atoms with Gasteiger partial charge in [0.25, 0.3) is 0 Å². The number of hydrogen-bond donors (Lipinski definition) is 0. The standard InChI is InChI=1S/C16H21BrF3N3/c1-11-14(8-9-23(22(2)3)15(11)21-10-17)12-4-6-13(7-5-12)16(18,19)20/h4-7,11,14H,8-10H2,1-3H3/b21-15-. The van der Waals surface area contributed by atoms with Crippen molar-refractivity contribution in [3.8, 4) is 0 Å². The maximum atomic E-state index is 12.7. The normalized spacial score (nSPS) is 24.5. The zero-order valence-corrected chi connectivity index (χ0v) is 15.0. The third-order valence-corrected chi connectivity index (χ3v) is 4.55. The highest BCUT2D eigenvalue weighted by atomic mass is 79.9. The molecule has 1 aromatic carbocycles. The van der Waals surface area contributed by atoms with Gasteiger partial charge >= 0.3 is 6.18 Å². The summed E-state index contributed by atoms with van der Waals surface area (Å²) in [7, 11) is 3.93. The molecule has 0 aromatic heterocycles. The van der Waals surface area contributed by atoms with E-state index in [0.717, 1.165) is 24.4 Å². The van der Waals surface area contributed by atoms with Crippen molar-refractivity contribution in [1.82, 2.24) is 10.0 Å². The molecular formula is C16H21BrF3N3. The Hall–Kier alpha value is -1.08.